The summed E-state index contributed by atoms with van der Waals surface area (Å²) < 4.78 is 45.0. The minimum Gasteiger partial charge on any atom is -0.441 e. The zero-order chi connectivity index (χ0) is 27.0. The summed E-state index contributed by atoms with van der Waals surface area (Å²) in [7, 11) is 1.54. The van der Waals surface area contributed by atoms with E-state index in [0.29, 0.717) is 11.3 Å². The molecule has 0 bridgehead atoms. The zero-order valence-electron chi connectivity index (χ0n) is 19.5. The Morgan fingerprint density at radius 2 is 1.97 bits per heavy atom. The molecule has 15 heteroatoms. The molecule has 1 fully saturated rings. The van der Waals surface area contributed by atoms with Crippen LogP contribution in [0, 0.1) is 5.92 Å². The molecule has 3 N–H and O–H groups in total. The molecule has 1 aliphatic carbocycles. The number of hydrogen-bond donors (Lipinski definition) is 3. The van der Waals surface area contributed by atoms with Gasteiger partial charge in [0.05, 0.1) is 17.6 Å². The van der Waals surface area contributed by atoms with Gasteiger partial charge in [0.2, 0.25) is 5.91 Å². The Balaban J connectivity index is 1.39. The summed E-state index contributed by atoms with van der Waals surface area (Å²) in [5, 5.41) is 22.6. The first-order chi connectivity index (χ1) is 17.4. The Morgan fingerprint density at radius 3 is 2.59 bits per heavy atom. The Bertz CT molecular complexity index is 1310. The number of carbonyl (C=O) groups excluding carboxylic acids is 2. The van der Waals surface area contributed by atoms with Crippen molar-refractivity contribution in [1.29, 1.82) is 0 Å². The van der Waals surface area contributed by atoms with Crippen LogP contribution in [-0.2, 0) is 16.6 Å². The van der Waals surface area contributed by atoms with Crippen molar-refractivity contribution in [3.8, 4) is 11.4 Å². The van der Waals surface area contributed by atoms with Crippen LogP contribution in [0.5, 0.6) is 0 Å². The average Bonchev–Trinajstić information content (AvgIpc) is 3.16. The maximum absolute atomic E-state index is 12.8. The van der Waals surface area contributed by atoms with Crippen molar-refractivity contribution in [3.05, 3.63) is 47.4 Å². The van der Waals surface area contributed by atoms with E-state index in [0.717, 1.165) is 0 Å². The lowest BCUT2D eigenvalue weighted by atomic mass is 9.70. The standard InChI is InChI=1S/C22H21ClF3N7O4/c1-11(14-4-3-7-27-17(14)23)37-20(35)30-18-16(31-32-33(18)2)15-6-5-13(10-28-15)29-19(34)12-8-21(36,9-12)22(24,25)26/h3-7,10-12,36H,8-9H2,1-2H3,(H,29,34)(H,30,35)/t11-,12?,21?/m1/s1. The van der Waals surface area contributed by atoms with Crippen molar-refractivity contribution in [2.45, 2.75) is 37.6 Å². The molecule has 3 aromatic heterocycles. The van der Waals surface area contributed by atoms with E-state index in [4.69, 9.17) is 16.3 Å². The number of nitrogens with one attached hydrogen (secondary N) is 2. The van der Waals surface area contributed by atoms with Crippen molar-refractivity contribution in [1.82, 2.24) is 25.0 Å². The monoisotopic (exact) mass is 539 g/mol. The van der Waals surface area contributed by atoms with E-state index in [-0.39, 0.29) is 22.4 Å². The van der Waals surface area contributed by atoms with Gasteiger partial charge in [0.1, 0.15) is 11.3 Å². The summed E-state index contributed by atoms with van der Waals surface area (Å²) in [5.74, 6) is -1.45. The average molecular weight is 540 g/mol. The van der Waals surface area contributed by atoms with Gasteiger partial charge in [0.25, 0.3) is 0 Å². The molecule has 0 saturated heterocycles. The topological polar surface area (TPSA) is 144 Å². The normalized spacial score (nSPS) is 20.0. The molecule has 0 unspecified atom stereocenters. The number of carbonyl (C=O) groups is 2. The first-order valence-electron chi connectivity index (χ1n) is 10.9. The molecule has 11 nitrogen and oxygen atoms in total. The van der Waals surface area contributed by atoms with E-state index < -0.39 is 48.6 Å². The number of hydrogen-bond acceptors (Lipinski definition) is 8. The molecule has 1 atom stereocenters. The van der Waals surface area contributed by atoms with Crippen LogP contribution < -0.4 is 10.6 Å². The molecule has 37 heavy (non-hydrogen) atoms. The number of amides is 2. The van der Waals surface area contributed by atoms with Gasteiger partial charge < -0.3 is 15.2 Å². The van der Waals surface area contributed by atoms with E-state index in [9.17, 15) is 27.9 Å². The van der Waals surface area contributed by atoms with Crippen LogP contribution in [0.15, 0.2) is 36.7 Å². The van der Waals surface area contributed by atoms with E-state index in [2.05, 4.69) is 30.9 Å². The number of aryl methyl sites for hydroxylation is 1. The summed E-state index contributed by atoms with van der Waals surface area (Å²) in [6, 6.07) is 6.30. The van der Waals surface area contributed by atoms with Crippen molar-refractivity contribution >= 4 is 35.1 Å². The number of nitrogens with zero attached hydrogens (tertiary/aromatic N) is 5. The summed E-state index contributed by atoms with van der Waals surface area (Å²) >= 11 is 6.04. The lowest BCUT2D eigenvalue weighted by Gasteiger charge is -2.43. The van der Waals surface area contributed by atoms with Gasteiger partial charge >= 0.3 is 12.3 Å². The highest BCUT2D eigenvalue weighted by Gasteiger charge is 2.62. The molecule has 4 rings (SSSR count). The highest BCUT2D eigenvalue weighted by Crippen LogP contribution is 2.48. The van der Waals surface area contributed by atoms with Crippen LogP contribution in [0.3, 0.4) is 0 Å². The number of pyridine rings is 2. The second kappa shape index (κ2) is 9.94. The first-order valence-corrected chi connectivity index (χ1v) is 11.3. The van der Waals surface area contributed by atoms with Crippen molar-refractivity contribution in [3.63, 3.8) is 0 Å². The fraction of sp³-hybridized carbons (Fsp3) is 0.364. The summed E-state index contributed by atoms with van der Waals surface area (Å²) in [6.45, 7) is 1.63. The first kappa shape index (κ1) is 26.3. The van der Waals surface area contributed by atoms with Gasteiger partial charge in [-0.05, 0) is 38.0 Å². The lowest BCUT2D eigenvalue weighted by molar-refractivity contribution is -0.295. The van der Waals surface area contributed by atoms with Gasteiger partial charge in [-0.25, -0.2) is 14.5 Å². The molecule has 3 heterocycles. The van der Waals surface area contributed by atoms with Crippen LogP contribution in [0.2, 0.25) is 5.15 Å². The Labute approximate surface area is 213 Å². The van der Waals surface area contributed by atoms with Crippen LogP contribution in [0.25, 0.3) is 11.4 Å². The largest absolute Gasteiger partial charge is 0.441 e. The number of alkyl halides is 3. The second-order valence-electron chi connectivity index (χ2n) is 8.52. The molecule has 0 radical (unpaired) electrons. The zero-order valence-corrected chi connectivity index (χ0v) is 20.2. The van der Waals surface area contributed by atoms with E-state index in [1.54, 1.807) is 26.1 Å². The van der Waals surface area contributed by atoms with Crippen LogP contribution in [-0.4, -0.2) is 53.8 Å². The number of anilines is 2. The molecule has 2 amide bonds. The van der Waals surface area contributed by atoms with E-state index >= 15 is 0 Å². The third kappa shape index (κ3) is 5.49. The number of rotatable bonds is 6. The maximum atomic E-state index is 12.8. The van der Waals surface area contributed by atoms with Gasteiger partial charge in [-0.3, -0.25) is 15.1 Å². The minimum atomic E-state index is -4.79. The Kier molecular flexibility index (Phi) is 7.06. The maximum Gasteiger partial charge on any atom is 0.417 e. The van der Waals surface area contributed by atoms with E-state index in [1.165, 1.54) is 29.2 Å². The molecule has 1 saturated carbocycles. The third-order valence-corrected chi connectivity index (χ3v) is 6.21. The fourth-order valence-corrected chi connectivity index (χ4v) is 4.02. The SMILES string of the molecule is C[C@@H](OC(=O)Nc1c(-c2ccc(NC(=O)C3CC(O)(C(F)(F)F)C3)cn2)nnn1C)c1cccnc1Cl. The van der Waals surface area contributed by atoms with Gasteiger partial charge in [0, 0.05) is 24.7 Å². The fourth-order valence-electron chi connectivity index (χ4n) is 3.75. The predicted octanol–water partition coefficient (Wildman–Crippen LogP) is 3.88. The van der Waals surface area contributed by atoms with Gasteiger partial charge in [-0.1, -0.05) is 22.9 Å². The van der Waals surface area contributed by atoms with E-state index in [1.807, 2.05) is 0 Å². The van der Waals surface area contributed by atoms with Crippen molar-refractivity contribution in [2.24, 2.45) is 13.0 Å². The highest BCUT2D eigenvalue weighted by molar-refractivity contribution is 6.30. The second-order valence-corrected chi connectivity index (χ2v) is 8.88. The van der Waals surface area contributed by atoms with Gasteiger partial charge in [-0.15, -0.1) is 5.10 Å². The molecule has 0 aliphatic heterocycles. The van der Waals surface area contributed by atoms with Crippen LogP contribution in [0.1, 0.15) is 31.4 Å². The Hall–Kier alpha value is -3.78. The predicted molar refractivity (Wildman–Crippen MR) is 124 cm³/mol. The molecule has 0 spiro atoms. The number of aromatic nitrogens is 5. The van der Waals surface area contributed by atoms with Crippen LogP contribution >= 0.6 is 11.6 Å². The number of halogens is 4. The summed E-state index contributed by atoms with van der Waals surface area (Å²) in [4.78, 5) is 32.9. The summed E-state index contributed by atoms with van der Waals surface area (Å²) in [6.07, 6.45) is -4.90. The summed E-state index contributed by atoms with van der Waals surface area (Å²) in [5.41, 5.74) is -1.59. The van der Waals surface area contributed by atoms with Crippen molar-refractivity contribution in [2.75, 3.05) is 10.6 Å². The Morgan fingerprint density at radius 1 is 1.24 bits per heavy atom. The molecular formula is C22H21ClF3N7O4. The molecule has 1 aliphatic rings. The van der Waals surface area contributed by atoms with Gasteiger partial charge in [0.15, 0.2) is 17.1 Å². The molecule has 3 aromatic rings. The third-order valence-electron chi connectivity index (χ3n) is 5.90. The number of aliphatic hydroxyl groups is 1. The van der Waals surface area contributed by atoms with Crippen LogP contribution in [0.4, 0.5) is 29.5 Å². The highest BCUT2D eigenvalue weighted by atomic mass is 35.5. The number of ether oxygens (including phenoxy) is 1. The van der Waals surface area contributed by atoms with Gasteiger partial charge in [-0.2, -0.15) is 13.2 Å². The lowest BCUT2D eigenvalue weighted by Crippen LogP contribution is -2.57. The minimum absolute atomic E-state index is 0.180. The molecular weight excluding hydrogens is 519 g/mol. The molecule has 0 aromatic carbocycles. The quantitative estimate of drug-likeness (QED) is 0.400. The van der Waals surface area contributed by atoms with Crippen molar-refractivity contribution < 1.29 is 32.6 Å². The smallest absolute Gasteiger partial charge is 0.417 e. The molecule has 196 valence electrons.